The van der Waals surface area contributed by atoms with E-state index in [1.165, 1.54) is 11.8 Å². The zero-order valence-corrected chi connectivity index (χ0v) is 18.3. The first-order chi connectivity index (χ1) is 14.2. The summed E-state index contributed by atoms with van der Waals surface area (Å²) in [5.74, 6) is 1.33. The molecule has 5 rings (SSSR count). The van der Waals surface area contributed by atoms with E-state index in [2.05, 4.69) is 37.3 Å². The van der Waals surface area contributed by atoms with Crippen LogP contribution in [-0.2, 0) is 11.3 Å². The fourth-order valence-corrected chi connectivity index (χ4v) is 5.80. The molecule has 3 heterocycles. The lowest BCUT2D eigenvalue weighted by Crippen LogP contribution is -2.27. The van der Waals surface area contributed by atoms with E-state index in [0.717, 1.165) is 43.9 Å². The molecule has 1 fully saturated rings. The standard InChI is InChI=1S/C20H19N5OS3/c1-24(11-17-21-14-5-2-3-6-15(14)29-17)18(26)12-28-20-23-22-19(16-7-4-10-27-16)25(20)13-8-9-13/h2-7,10,13H,8-9,11-12H2,1H3. The molecular formula is C20H19N5OS3. The Bertz CT molecular complexity index is 1110. The van der Waals surface area contributed by atoms with Crippen LogP contribution in [0, 0.1) is 0 Å². The Morgan fingerprint density at radius 3 is 2.86 bits per heavy atom. The van der Waals surface area contributed by atoms with E-state index in [9.17, 15) is 4.79 Å². The number of thiazole rings is 1. The molecule has 0 unspecified atom stereocenters. The van der Waals surface area contributed by atoms with E-state index < -0.39 is 0 Å². The number of hydrogen-bond donors (Lipinski definition) is 0. The van der Waals surface area contributed by atoms with Gasteiger partial charge in [0, 0.05) is 13.1 Å². The van der Waals surface area contributed by atoms with E-state index in [0.29, 0.717) is 18.3 Å². The molecule has 29 heavy (non-hydrogen) atoms. The van der Waals surface area contributed by atoms with E-state index in [1.54, 1.807) is 27.6 Å². The third-order valence-corrected chi connectivity index (χ3v) is 7.59. The van der Waals surface area contributed by atoms with Crippen molar-refractivity contribution < 1.29 is 4.79 Å². The largest absolute Gasteiger partial charge is 0.338 e. The molecule has 0 aliphatic heterocycles. The Labute approximate surface area is 180 Å². The normalized spacial score (nSPS) is 13.8. The van der Waals surface area contributed by atoms with Crippen molar-refractivity contribution >= 4 is 50.6 Å². The lowest BCUT2D eigenvalue weighted by molar-refractivity contribution is -0.127. The second kappa shape index (κ2) is 7.89. The molecule has 0 atom stereocenters. The predicted octanol–water partition coefficient (Wildman–Crippen LogP) is 4.70. The highest BCUT2D eigenvalue weighted by Crippen LogP contribution is 2.41. The molecule has 4 aromatic rings. The van der Waals surface area contributed by atoms with Crippen molar-refractivity contribution in [3.63, 3.8) is 0 Å². The molecule has 0 N–H and O–H groups in total. The van der Waals surface area contributed by atoms with Gasteiger partial charge in [0.2, 0.25) is 5.91 Å². The van der Waals surface area contributed by atoms with Crippen molar-refractivity contribution in [3.05, 3.63) is 46.8 Å². The number of amides is 1. The van der Waals surface area contributed by atoms with Gasteiger partial charge in [-0.15, -0.1) is 32.9 Å². The second-order valence-corrected chi connectivity index (χ2v) is 10.0. The first kappa shape index (κ1) is 18.8. The van der Waals surface area contributed by atoms with Gasteiger partial charge in [-0.2, -0.15) is 0 Å². The number of benzene rings is 1. The lowest BCUT2D eigenvalue weighted by Gasteiger charge is -2.15. The van der Waals surface area contributed by atoms with Crippen molar-refractivity contribution in [1.29, 1.82) is 0 Å². The van der Waals surface area contributed by atoms with Crippen LogP contribution in [0.4, 0.5) is 0 Å². The maximum atomic E-state index is 12.7. The minimum absolute atomic E-state index is 0.0669. The van der Waals surface area contributed by atoms with Crippen molar-refractivity contribution in [2.24, 2.45) is 0 Å². The number of hydrogen-bond acceptors (Lipinski definition) is 7. The van der Waals surface area contributed by atoms with Gasteiger partial charge in [0.15, 0.2) is 11.0 Å². The second-order valence-electron chi connectivity index (χ2n) is 7.00. The van der Waals surface area contributed by atoms with Crippen LogP contribution >= 0.6 is 34.4 Å². The van der Waals surface area contributed by atoms with Crippen LogP contribution in [0.25, 0.3) is 20.9 Å². The van der Waals surface area contributed by atoms with E-state index in [-0.39, 0.29) is 5.91 Å². The Morgan fingerprint density at radius 1 is 1.24 bits per heavy atom. The van der Waals surface area contributed by atoms with Crippen LogP contribution in [0.1, 0.15) is 23.9 Å². The molecular weight excluding hydrogens is 422 g/mol. The van der Waals surface area contributed by atoms with Crippen molar-refractivity contribution in [1.82, 2.24) is 24.6 Å². The number of thioether (sulfide) groups is 1. The number of para-hydroxylation sites is 1. The Kier molecular flexibility index (Phi) is 5.11. The molecule has 9 heteroatoms. The fourth-order valence-electron chi connectivity index (χ4n) is 3.13. The van der Waals surface area contributed by atoms with Crippen LogP contribution in [0.2, 0.25) is 0 Å². The molecule has 1 aromatic carbocycles. The summed E-state index contributed by atoms with van der Waals surface area (Å²) in [6.45, 7) is 0.522. The average Bonchev–Trinajstić information content (AvgIpc) is 3.12. The third-order valence-electron chi connectivity index (χ3n) is 4.78. The molecule has 0 bridgehead atoms. The maximum absolute atomic E-state index is 12.7. The van der Waals surface area contributed by atoms with Gasteiger partial charge in [0.05, 0.1) is 27.4 Å². The number of carbonyl (C=O) groups excluding carboxylic acids is 1. The summed E-state index contributed by atoms with van der Waals surface area (Å²) in [5, 5.41) is 12.6. The van der Waals surface area contributed by atoms with Gasteiger partial charge in [-0.1, -0.05) is 30.0 Å². The minimum atomic E-state index is 0.0669. The summed E-state index contributed by atoms with van der Waals surface area (Å²) in [4.78, 5) is 20.2. The molecule has 6 nitrogen and oxygen atoms in total. The predicted molar refractivity (Wildman–Crippen MR) is 118 cm³/mol. The summed E-state index contributed by atoms with van der Waals surface area (Å²) in [6.07, 6.45) is 2.30. The highest BCUT2D eigenvalue weighted by Gasteiger charge is 2.30. The number of aromatic nitrogens is 4. The molecule has 3 aromatic heterocycles. The fraction of sp³-hybridized carbons (Fsp3) is 0.300. The van der Waals surface area contributed by atoms with Crippen molar-refractivity contribution in [2.45, 2.75) is 30.6 Å². The quantitative estimate of drug-likeness (QED) is 0.389. The summed E-state index contributed by atoms with van der Waals surface area (Å²) >= 11 is 4.78. The third kappa shape index (κ3) is 3.94. The smallest absolute Gasteiger partial charge is 0.233 e. The monoisotopic (exact) mass is 441 g/mol. The van der Waals surface area contributed by atoms with Gasteiger partial charge in [-0.05, 0) is 36.4 Å². The topological polar surface area (TPSA) is 63.9 Å². The number of nitrogens with zero attached hydrogens (tertiary/aromatic N) is 5. The summed E-state index contributed by atoms with van der Waals surface area (Å²) in [7, 11) is 1.83. The molecule has 0 saturated heterocycles. The van der Waals surface area contributed by atoms with Gasteiger partial charge >= 0.3 is 0 Å². The van der Waals surface area contributed by atoms with Gasteiger partial charge in [-0.25, -0.2) is 4.98 Å². The van der Waals surface area contributed by atoms with Gasteiger partial charge in [-0.3, -0.25) is 9.36 Å². The Hall–Kier alpha value is -2.23. The van der Waals surface area contributed by atoms with Crippen LogP contribution in [0.15, 0.2) is 46.9 Å². The number of thiophene rings is 1. The van der Waals surface area contributed by atoms with Crippen LogP contribution in [-0.4, -0.2) is 43.4 Å². The molecule has 1 aliphatic rings. The van der Waals surface area contributed by atoms with Crippen LogP contribution < -0.4 is 0 Å². The minimum Gasteiger partial charge on any atom is -0.338 e. The van der Waals surface area contributed by atoms with Crippen molar-refractivity contribution in [3.8, 4) is 10.7 Å². The van der Waals surface area contributed by atoms with E-state index in [4.69, 9.17) is 0 Å². The molecule has 1 amide bonds. The summed E-state index contributed by atoms with van der Waals surface area (Å²) in [5.41, 5.74) is 0.987. The molecule has 0 radical (unpaired) electrons. The van der Waals surface area contributed by atoms with E-state index >= 15 is 0 Å². The Balaban J connectivity index is 1.25. The number of carbonyl (C=O) groups is 1. The zero-order valence-electron chi connectivity index (χ0n) is 15.8. The van der Waals surface area contributed by atoms with Gasteiger partial charge < -0.3 is 4.90 Å². The van der Waals surface area contributed by atoms with Crippen LogP contribution in [0.5, 0.6) is 0 Å². The van der Waals surface area contributed by atoms with E-state index in [1.807, 2.05) is 31.3 Å². The lowest BCUT2D eigenvalue weighted by atomic mass is 10.3. The molecule has 148 valence electrons. The first-order valence-corrected chi connectivity index (χ1v) is 12.1. The summed E-state index contributed by atoms with van der Waals surface area (Å²) < 4.78 is 3.36. The number of fused-ring (bicyclic) bond motifs is 1. The average molecular weight is 442 g/mol. The molecule has 1 saturated carbocycles. The van der Waals surface area contributed by atoms with Crippen molar-refractivity contribution in [2.75, 3.05) is 12.8 Å². The Morgan fingerprint density at radius 2 is 2.10 bits per heavy atom. The molecule has 0 spiro atoms. The maximum Gasteiger partial charge on any atom is 0.233 e. The van der Waals surface area contributed by atoms with Gasteiger partial charge in [0.25, 0.3) is 0 Å². The zero-order chi connectivity index (χ0) is 19.8. The van der Waals surface area contributed by atoms with Crippen LogP contribution in [0.3, 0.4) is 0 Å². The van der Waals surface area contributed by atoms with Gasteiger partial charge in [0.1, 0.15) is 5.01 Å². The highest BCUT2D eigenvalue weighted by atomic mass is 32.2. The SMILES string of the molecule is CN(Cc1nc2ccccc2s1)C(=O)CSc1nnc(-c2cccs2)n1C1CC1. The number of rotatable bonds is 7. The molecule has 1 aliphatic carbocycles. The first-order valence-electron chi connectivity index (χ1n) is 9.39. The summed E-state index contributed by atoms with van der Waals surface area (Å²) in [6, 6.07) is 12.6. The highest BCUT2D eigenvalue weighted by molar-refractivity contribution is 7.99.